The summed E-state index contributed by atoms with van der Waals surface area (Å²) in [6, 6.07) is 9.47. The molecular weight excluding hydrogens is 334 g/mol. The number of piperidine rings is 1. The minimum Gasteiger partial charge on any atom is -0.356 e. The fourth-order valence-corrected chi connectivity index (χ4v) is 4.11. The minimum absolute atomic E-state index is 0.00842. The largest absolute Gasteiger partial charge is 0.356 e. The molecule has 0 spiro atoms. The van der Waals surface area contributed by atoms with Gasteiger partial charge in [-0.3, -0.25) is 9.59 Å². The lowest BCUT2D eigenvalue weighted by atomic mass is 9.97. The predicted octanol–water partition coefficient (Wildman–Crippen LogP) is 2.84. The molecule has 1 aromatic carbocycles. The third-order valence-corrected chi connectivity index (χ3v) is 5.53. The maximum atomic E-state index is 12.5. The van der Waals surface area contributed by atoms with Crippen molar-refractivity contribution in [3.05, 3.63) is 52.0 Å². The number of thiazole rings is 1. The molecule has 3 rings (SSSR count). The van der Waals surface area contributed by atoms with E-state index in [1.54, 1.807) is 11.3 Å². The molecule has 1 aliphatic heterocycles. The molecule has 1 fully saturated rings. The number of aromatic nitrogens is 1. The van der Waals surface area contributed by atoms with Crippen LogP contribution in [0.2, 0.25) is 0 Å². The van der Waals surface area contributed by atoms with Crippen molar-refractivity contribution in [1.29, 1.82) is 0 Å². The summed E-state index contributed by atoms with van der Waals surface area (Å²) in [6.45, 7) is 3.71. The van der Waals surface area contributed by atoms with Crippen molar-refractivity contribution in [1.82, 2.24) is 15.2 Å². The number of amides is 2. The molecule has 0 saturated carbocycles. The maximum Gasteiger partial charge on any atom is 0.253 e. The summed E-state index contributed by atoms with van der Waals surface area (Å²) in [5, 5.41) is 6.04. The van der Waals surface area contributed by atoms with Crippen LogP contribution >= 0.6 is 11.3 Å². The average molecular weight is 357 g/mol. The summed E-state index contributed by atoms with van der Waals surface area (Å²) >= 11 is 1.69. The number of nitrogens with one attached hydrogen (secondary N) is 1. The fourth-order valence-electron chi connectivity index (χ4n) is 3.08. The maximum absolute atomic E-state index is 12.5. The molecule has 132 valence electrons. The van der Waals surface area contributed by atoms with Gasteiger partial charge in [-0.15, -0.1) is 11.3 Å². The first-order valence-electron chi connectivity index (χ1n) is 8.66. The van der Waals surface area contributed by atoms with Gasteiger partial charge in [0.25, 0.3) is 5.91 Å². The number of hydrogen-bond acceptors (Lipinski definition) is 4. The molecule has 1 saturated heterocycles. The van der Waals surface area contributed by atoms with Crippen molar-refractivity contribution >= 4 is 23.2 Å². The van der Waals surface area contributed by atoms with Gasteiger partial charge in [0.2, 0.25) is 5.91 Å². The van der Waals surface area contributed by atoms with Crippen molar-refractivity contribution in [2.24, 2.45) is 0 Å². The monoisotopic (exact) mass is 357 g/mol. The molecule has 0 atom stereocenters. The van der Waals surface area contributed by atoms with Gasteiger partial charge in [0.15, 0.2) is 0 Å². The van der Waals surface area contributed by atoms with Crippen LogP contribution in [-0.4, -0.2) is 41.3 Å². The molecule has 0 aliphatic carbocycles. The highest BCUT2D eigenvalue weighted by atomic mass is 32.1. The normalized spacial score (nSPS) is 15.2. The second-order valence-corrected chi connectivity index (χ2v) is 7.23. The van der Waals surface area contributed by atoms with Crippen molar-refractivity contribution in [2.45, 2.75) is 32.1 Å². The highest BCUT2D eigenvalue weighted by molar-refractivity contribution is 7.09. The van der Waals surface area contributed by atoms with Gasteiger partial charge in [-0.25, -0.2) is 4.98 Å². The molecule has 0 bridgehead atoms. The lowest BCUT2D eigenvalue weighted by molar-refractivity contribution is -0.118. The molecular formula is C19H23N3O2S. The van der Waals surface area contributed by atoms with Gasteiger partial charge >= 0.3 is 0 Å². The average Bonchev–Trinajstić information content (AvgIpc) is 3.10. The second kappa shape index (κ2) is 8.25. The Kier molecular flexibility index (Phi) is 5.81. The van der Waals surface area contributed by atoms with Crippen LogP contribution in [0.25, 0.3) is 0 Å². The Balaban J connectivity index is 1.51. The Morgan fingerprint density at radius 2 is 1.96 bits per heavy atom. The van der Waals surface area contributed by atoms with Crippen LogP contribution in [0.5, 0.6) is 0 Å². The first kappa shape index (κ1) is 17.6. The van der Waals surface area contributed by atoms with E-state index in [4.69, 9.17) is 4.98 Å². The summed E-state index contributed by atoms with van der Waals surface area (Å²) in [7, 11) is 0. The molecule has 0 unspecified atom stereocenters. The zero-order chi connectivity index (χ0) is 17.6. The molecule has 2 aromatic rings. The lowest BCUT2D eigenvalue weighted by Crippen LogP contribution is -2.37. The molecule has 0 radical (unpaired) electrons. The van der Waals surface area contributed by atoms with E-state index < -0.39 is 0 Å². The Morgan fingerprint density at radius 1 is 1.24 bits per heavy atom. The SMILES string of the molecule is CC(=O)NCCc1csc(C2CCN(C(=O)c3ccccc3)CC2)n1. The third-order valence-electron chi connectivity index (χ3n) is 4.48. The van der Waals surface area contributed by atoms with Crippen LogP contribution < -0.4 is 5.32 Å². The van der Waals surface area contributed by atoms with Gasteiger partial charge in [0, 0.05) is 49.8 Å². The van der Waals surface area contributed by atoms with Crippen molar-refractivity contribution in [2.75, 3.05) is 19.6 Å². The Labute approximate surface area is 152 Å². The van der Waals surface area contributed by atoms with Gasteiger partial charge in [-0.1, -0.05) is 18.2 Å². The summed E-state index contributed by atoms with van der Waals surface area (Å²) in [5.74, 6) is 0.541. The van der Waals surface area contributed by atoms with E-state index in [0.717, 1.165) is 48.6 Å². The van der Waals surface area contributed by atoms with Crippen LogP contribution in [0.3, 0.4) is 0 Å². The van der Waals surface area contributed by atoms with Gasteiger partial charge < -0.3 is 10.2 Å². The quantitative estimate of drug-likeness (QED) is 0.895. The molecule has 1 aliphatic rings. The smallest absolute Gasteiger partial charge is 0.253 e. The Hall–Kier alpha value is -2.21. The van der Waals surface area contributed by atoms with E-state index in [9.17, 15) is 9.59 Å². The topological polar surface area (TPSA) is 62.3 Å². The van der Waals surface area contributed by atoms with Crippen LogP contribution in [-0.2, 0) is 11.2 Å². The summed E-state index contributed by atoms with van der Waals surface area (Å²) in [5.41, 5.74) is 1.80. The van der Waals surface area contributed by atoms with Crippen LogP contribution in [0.1, 0.15) is 46.7 Å². The minimum atomic E-state index is -0.00842. The second-order valence-electron chi connectivity index (χ2n) is 6.34. The van der Waals surface area contributed by atoms with Gasteiger partial charge in [-0.2, -0.15) is 0 Å². The van der Waals surface area contributed by atoms with Gasteiger partial charge in [0.1, 0.15) is 0 Å². The van der Waals surface area contributed by atoms with Crippen molar-refractivity contribution < 1.29 is 9.59 Å². The molecule has 2 heterocycles. The van der Waals surface area contributed by atoms with E-state index in [2.05, 4.69) is 10.7 Å². The number of carbonyl (C=O) groups is 2. The number of nitrogens with zero attached hydrogens (tertiary/aromatic N) is 2. The summed E-state index contributed by atoms with van der Waals surface area (Å²) < 4.78 is 0. The predicted molar refractivity (Wildman–Crippen MR) is 98.8 cm³/mol. The Morgan fingerprint density at radius 3 is 2.64 bits per heavy atom. The van der Waals surface area contributed by atoms with E-state index in [1.807, 2.05) is 35.2 Å². The highest BCUT2D eigenvalue weighted by Crippen LogP contribution is 2.30. The molecule has 2 amide bonds. The van der Waals surface area contributed by atoms with E-state index in [1.165, 1.54) is 6.92 Å². The highest BCUT2D eigenvalue weighted by Gasteiger charge is 2.26. The first-order valence-corrected chi connectivity index (χ1v) is 9.54. The van der Waals surface area contributed by atoms with Gasteiger partial charge in [0.05, 0.1) is 10.7 Å². The molecule has 1 N–H and O–H groups in total. The molecule has 6 heteroatoms. The fraction of sp³-hybridized carbons (Fsp3) is 0.421. The van der Waals surface area contributed by atoms with E-state index >= 15 is 0 Å². The standard InChI is InChI=1S/C19H23N3O2S/c1-14(23)20-10-7-17-13-25-18(21-17)15-8-11-22(12-9-15)19(24)16-5-3-2-4-6-16/h2-6,13,15H,7-12H2,1H3,(H,20,23). The van der Waals surface area contributed by atoms with E-state index in [-0.39, 0.29) is 11.8 Å². The number of benzene rings is 1. The molecule has 5 nitrogen and oxygen atoms in total. The number of carbonyl (C=O) groups excluding carboxylic acids is 2. The van der Waals surface area contributed by atoms with Crippen LogP contribution in [0, 0.1) is 0 Å². The Bertz CT molecular complexity index is 721. The number of likely N-dealkylation sites (tertiary alicyclic amines) is 1. The number of rotatable bonds is 5. The number of hydrogen-bond donors (Lipinski definition) is 1. The zero-order valence-corrected chi connectivity index (χ0v) is 15.2. The zero-order valence-electron chi connectivity index (χ0n) is 14.4. The third kappa shape index (κ3) is 4.66. The summed E-state index contributed by atoms with van der Waals surface area (Å²) in [6.07, 6.45) is 2.68. The van der Waals surface area contributed by atoms with E-state index in [0.29, 0.717) is 12.5 Å². The van der Waals surface area contributed by atoms with Crippen LogP contribution in [0.15, 0.2) is 35.7 Å². The van der Waals surface area contributed by atoms with Crippen molar-refractivity contribution in [3.8, 4) is 0 Å². The lowest BCUT2D eigenvalue weighted by Gasteiger charge is -2.31. The van der Waals surface area contributed by atoms with Crippen molar-refractivity contribution in [3.63, 3.8) is 0 Å². The van der Waals surface area contributed by atoms with Gasteiger partial charge in [-0.05, 0) is 25.0 Å². The summed E-state index contributed by atoms with van der Waals surface area (Å²) in [4.78, 5) is 30.1. The van der Waals surface area contributed by atoms with Crippen LogP contribution in [0.4, 0.5) is 0 Å². The first-order chi connectivity index (χ1) is 12.1. The molecule has 1 aromatic heterocycles. The molecule has 25 heavy (non-hydrogen) atoms.